The molecule has 27 heavy (non-hydrogen) atoms. The number of rotatable bonds is 4. The SMILES string of the molecule is CCOC(=O)C1=C(C)N(c2ccccc2)C(=S)N[C@@H]1c1c(F)cccc1F. The van der Waals surface area contributed by atoms with Crippen molar-refractivity contribution < 1.29 is 18.3 Å². The lowest BCUT2D eigenvalue weighted by Gasteiger charge is -2.37. The van der Waals surface area contributed by atoms with Crippen LogP contribution >= 0.6 is 12.2 Å². The Balaban J connectivity index is 2.19. The molecule has 0 aliphatic carbocycles. The molecule has 0 spiro atoms. The van der Waals surface area contributed by atoms with Crippen molar-refractivity contribution in [2.45, 2.75) is 19.9 Å². The number of thiocarbonyl (C=S) groups is 1. The van der Waals surface area contributed by atoms with E-state index in [1.807, 2.05) is 30.3 Å². The van der Waals surface area contributed by atoms with E-state index in [1.165, 1.54) is 6.07 Å². The van der Waals surface area contributed by atoms with Gasteiger partial charge in [0, 0.05) is 11.4 Å². The van der Waals surface area contributed by atoms with E-state index in [0.717, 1.165) is 17.8 Å². The minimum Gasteiger partial charge on any atom is -0.463 e. The Morgan fingerprint density at radius 2 is 1.78 bits per heavy atom. The highest BCUT2D eigenvalue weighted by molar-refractivity contribution is 7.80. The fourth-order valence-corrected chi connectivity index (χ4v) is 3.47. The lowest BCUT2D eigenvalue weighted by molar-refractivity contribution is -0.139. The summed E-state index contributed by atoms with van der Waals surface area (Å²) in [6.07, 6.45) is 0. The predicted octanol–water partition coefficient (Wildman–Crippen LogP) is 4.24. The molecule has 1 atom stereocenters. The van der Waals surface area contributed by atoms with Gasteiger partial charge in [0.25, 0.3) is 0 Å². The number of esters is 1. The molecule has 0 unspecified atom stereocenters. The molecule has 3 rings (SSSR count). The van der Waals surface area contributed by atoms with Crippen molar-refractivity contribution in [2.24, 2.45) is 0 Å². The Kier molecular flexibility index (Phi) is 5.51. The van der Waals surface area contributed by atoms with Crippen LogP contribution in [0.1, 0.15) is 25.5 Å². The van der Waals surface area contributed by atoms with E-state index >= 15 is 0 Å². The molecule has 4 nitrogen and oxygen atoms in total. The molecule has 0 aromatic heterocycles. The number of hydrogen-bond acceptors (Lipinski definition) is 3. The summed E-state index contributed by atoms with van der Waals surface area (Å²) in [5.41, 5.74) is 1.02. The van der Waals surface area contributed by atoms with E-state index in [1.54, 1.807) is 18.7 Å². The molecule has 0 amide bonds. The van der Waals surface area contributed by atoms with Gasteiger partial charge in [-0.3, -0.25) is 4.90 Å². The van der Waals surface area contributed by atoms with Gasteiger partial charge < -0.3 is 10.1 Å². The molecule has 0 fully saturated rings. The van der Waals surface area contributed by atoms with Crippen LogP contribution < -0.4 is 10.2 Å². The average Bonchev–Trinajstić information content (AvgIpc) is 2.62. The normalized spacial score (nSPS) is 17.0. The zero-order valence-electron chi connectivity index (χ0n) is 14.8. The molecule has 0 radical (unpaired) electrons. The van der Waals surface area contributed by atoms with Crippen molar-refractivity contribution in [3.8, 4) is 0 Å². The van der Waals surface area contributed by atoms with Gasteiger partial charge >= 0.3 is 5.97 Å². The fourth-order valence-electron chi connectivity index (χ4n) is 3.11. The van der Waals surface area contributed by atoms with Crippen LogP contribution in [0.2, 0.25) is 0 Å². The lowest BCUT2D eigenvalue weighted by atomic mass is 9.94. The second-order valence-electron chi connectivity index (χ2n) is 5.91. The number of para-hydroxylation sites is 1. The van der Waals surface area contributed by atoms with E-state index in [0.29, 0.717) is 5.70 Å². The van der Waals surface area contributed by atoms with Crippen LogP contribution in [0.25, 0.3) is 0 Å². The molecule has 7 heteroatoms. The summed E-state index contributed by atoms with van der Waals surface area (Å²) in [6, 6.07) is 11.6. The van der Waals surface area contributed by atoms with Crippen molar-refractivity contribution in [1.82, 2.24) is 5.32 Å². The Morgan fingerprint density at radius 1 is 1.15 bits per heavy atom. The minimum atomic E-state index is -1.09. The highest BCUT2D eigenvalue weighted by Gasteiger charge is 2.37. The monoisotopic (exact) mass is 388 g/mol. The van der Waals surface area contributed by atoms with Crippen LogP contribution in [0.5, 0.6) is 0 Å². The summed E-state index contributed by atoms with van der Waals surface area (Å²) in [5.74, 6) is -2.19. The van der Waals surface area contributed by atoms with Gasteiger partial charge in [0.2, 0.25) is 0 Å². The molecule has 1 N–H and O–H groups in total. The number of halogens is 2. The van der Waals surface area contributed by atoms with Gasteiger partial charge in [0.15, 0.2) is 5.11 Å². The molecule has 0 bridgehead atoms. The van der Waals surface area contributed by atoms with Gasteiger partial charge in [0.1, 0.15) is 11.6 Å². The van der Waals surface area contributed by atoms with Gasteiger partial charge in [-0.25, -0.2) is 13.6 Å². The number of allylic oxidation sites excluding steroid dienone is 1. The summed E-state index contributed by atoms with van der Waals surface area (Å²) in [7, 11) is 0. The predicted molar refractivity (Wildman–Crippen MR) is 103 cm³/mol. The minimum absolute atomic E-state index is 0.110. The third-order valence-corrected chi connectivity index (χ3v) is 4.58. The smallest absolute Gasteiger partial charge is 0.338 e. The first-order valence-electron chi connectivity index (χ1n) is 8.43. The van der Waals surface area contributed by atoms with Crippen molar-refractivity contribution >= 4 is 29.0 Å². The number of hydrogen-bond donors (Lipinski definition) is 1. The maximum absolute atomic E-state index is 14.4. The quantitative estimate of drug-likeness (QED) is 0.627. The first-order valence-corrected chi connectivity index (χ1v) is 8.84. The average molecular weight is 388 g/mol. The first-order chi connectivity index (χ1) is 13.0. The highest BCUT2D eigenvalue weighted by Crippen LogP contribution is 2.36. The number of carbonyl (C=O) groups is 1. The number of carbonyl (C=O) groups excluding carboxylic acids is 1. The topological polar surface area (TPSA) is 41.6 Å². The van der Waals surface area contributed by atoms with E-state index in [9.17, 15) is 13.6 Å². The Labute approximate surface area is 161 Å². The first kappa shape index (κ1) is 19.0. The number of ether oxygens (including phenoxy) is 1. The van der Waals surface area contributed by atoms with Crippen LogP contribution in [0.3, 0.4) is 0 Å². The molecule has 1 aliphatic rings. The summed E-state index contributed by atoms with van der Waals surface area (Å²) in [6.45, 7) is 3.48. The molecule has 0 saturated heterocycles. The second kappa shape index (κ2) is 7.84. The zero-order chi connectivity index (χ0) is 19.6. The van der Waals surface area contributed by atoms with Gasteiger partial charge in [-0.15, -0.1) is 0 Å². The molecule has 0 saturated carbocycles. The molecule has 1 aliphatic heterocycles. The number of benzene rings is 2. The van der Waals surface area contributed by atoms with Crippen LogP contribution in [-0.4, -0.2) is 17.7 Å². The standard InChI is InChI=1S/C20H18F2N2O2S/c1-3-26-19(25)16-12(2)24(13-8-5-4-6-9-13)20(27)23-18(16)17-14(21)10-7-11-15(17)22/h4-11,18H,3H2,1-2H3,(H,23,27)/t18-/m0/s1. The molecule has 2 aromatic rings. The third kappa shape index (κ3) is 3.55. The number of anilines is 1. The van der Waals surface area contributed by atoms with E-state index in [-0.39, 0.29) is 22.9 Å². The van der Waals surface area contributed by atoms with E-state index < -0.39 is 23.6 Å². The van der Waals surface area contributed by atoms with Gasteiger partial charge in [0.05, 0.1) is 23.8 Å². The van der Waals surface area contributed by atoms with Crippen LogP contribution in [0, 0.1) is 11.6 Å². The second-order valence-corrected chi connectivity index (χ2v) is 6.30. The molecule has 2 aromatic carbocycles. The molecule has 140 valence electrons. The molecular weight excluding hydrogens is 370 g/mol. The maximum atomic E-state index is 14.4. The van der Waals surface area contributed by atoms with Crippen molar-refractivity contribution in [1.29, 1.82) is 0 Å². The Morgan fingerprint density at radius 3 is 2.37 bits per heavy atom. The largest absolute Gasteiger partial charge is 0.463 e. The Bertz CT molecular complexity index is 895. The van der Waals surface area contributed by atoms with Crippen LogP contribution in [0.4, 0.5) is 14.5 Å². The number of nitrogens with zero attached hydrogens (tertiary/aromatic N) is 1. The van der Waals surface area contributed by atoms with Crippen LogP contribution in [-0.2, 0) is 9.53 Å². The third-order valence-electron chi connectivity index (χ3n) is 4.28. The fraction of sp³-hybridized carbons (Fsp3) is 0.200. The summed E-state index contributed by atoms with van der Waals surface area (Å²) < 4.78 is 34.0. The van der Waals surface area contributed by atoms with Gasteiger partial charge in [-0.2, -0.15) is 0 Å². The van der Waals surface area contributed by atoms with Crippen molar-refractivity contribution in [3.05, 3.63) is 77.0 Å². The van der Waals surface area contributed by atoms with Gasteiger partial charge in [-0.05, 0) is 50.3 Å². The summed E-state index contributed by atoms with van der Waals surface area (Å²) in [4.78, 5) is 14.3. The lowest BCUT2D eigenvalue weighted by Crippen LogP contribution is -2.48. The highest BCUT2D eigenvalue weighted by atomic mass is 32.1. The number of nitrogens with one attached hydrogen (secondary N) is 1. The van der Waals surface area contributed by atoms with Crippen molar-refractivity contribution in [3.63, 3.8) is 0 Å². The summed E-state index contributed by atoms with van der Waals surface area (Å²) in [5, 5.41) is 3.14. The Hall–Kier alpha value is -2.80. The van der Waals surface area contributed by atoms with Crippen LogP contribution in [0.15, 0.2) is 59.8 Å². The maximum Gasteiger partial charge on any atom is 0.338 e. The summed E-state index contributed by atoms with van der Waals surface area (Å²) >= 11 is 5.44. The van der Waals surface area contributed by atoms with E-state index in [2.05, 4.69) is 5.32 Å². The molecule has 1 heterocycles. The van der Waals surface area contributed by atoms with Crippen molar-refractivity contribution in [2.75, 3.05) is 11.5 Å². The van der Waals surface area contributed by atoms with E-state index in [4.69, 9.17) is 17.0 Å². The zero-order valence-corrected chi connectivity index (χ0v) is 15.6. The molecular formula is C20H18F2N2O2S. The van der Waals surface area contributed by atoms with Gasteiger partial charge in [-0.1, -0.05) is 24.3 Å².